The number of aliphatic hydroxyl groups is 1. The first-order valence-electron chi connectivity index (χ1n) is 13.4. The topological polar surface area (TPSA) is 88.9 Å². The highest BCUT2D eigenvalue weighted by molar-refractivity contribution is 5.97. The van der Waals surface area contributed by atoms with Crippen molar-refractivity contribution in [2.75, 3.05) is 31.9 Å². The zero-order valence-corrected chi connectivity index (χ0v) is 22.7. The summed E-state index contributed by atoms with van der Waals surface area (Å²) in [7, 11) is 1.80. The molecule has 2 heterocycles. The Morgan fingerprint density at radius 2 is 1.92 bits per heavy atom. The van der Waals surface area contributed by atoms with Crippen LogP contribution in [-0.4, -0.2) is 53.8 Å². The summed E-state index contributed by atoms with van der Waals surface area (Å²) in [5.41, 5.74) is 4.85. The number of aliphatic hydroxyl groups excluding tert-OH is 1. The molecule has 0 unspecified atom stereocenters. The SMILES string of the molecule is Cc1c(CCO)c(C2CC2)nn1C(C)(C)CN[C@@H](Cc1ccccc1)C(=O)N(C)c1ccc2c(c1)OCO2. The maximum absolute atomic E-state index is 13.9. The summed E-state index contributed by atoms with van der Waals surface area (Å²) in [6.45, 7) is 7.24. The summed E-state index contributed by atoms with van der Waals surface area (Å²) in [6.07, 6.45) is 3.50. The Morgan fingerprint density at radius 3 is 2.63 bits per heavy atom. The van der Waals surface area contributed by atoms with E-state index in [0.717, 1.165) is 35.5 Å². The van der Waals surface area contributed by atoms with Crippen LogP contribution in [0.5, 0.6) is 11.5 Å². The first-order chi connectivity index (χ1) is 18.3. The molecular formula is C30H38N4O4. The van der Waals surface area contributed by atoms with Gasteiger partial charge in [0.2, 0.25) is 12.7 Å². The molecule has 8 heteroatoms. The molecule has 0 bridgehead atoms. The van der Waals surface area contributed by atoms with Gasteiger partial charge in [0.15, 0.2) is 11.5 Å². The lowest BCUT2D eigenvalue weighted by Crippen LogP contribution is -2.51. The largest absolute Gasteiger partial charge is 0.454 e. The normalized spacial score (nSPS) is 15.5. The second-order valence-electron chi connectivity index (χ2n) is 11.0. The number of anilines is 1. The number of likely N-dealkylation sites (N-methyl/N-ethyl adjacent to an activating group) is 1. The van der Waals surface area contributed by atoms with Gasteiger partial charge in [-0.3, -0.25) is 9.48 Å². The van der Waals surface area contributed by atoms with Gasteiger partial charge in [-0.1, -0.05) is 30.3 Å². The predicted molar refractivity (Wildman–Crippen MR) is 147 cm³/mol. The number of carbonyl (C=O) groups excluding carboxylic acids is 1. The Kier molecular flexibility index (Phi) is 7.45. The van der Waals surface area contributed by atoms with Gasteiger partial charge in [-0.25, -0.2) is 0 Å². The van der Waals surface area contributed by atoms with E-state index < -0.39 is 6.04 Å². The molecule has 1 aliphatic heterocycles. The molecule has 0 spiro atoms. The summed E-state index contributed by atoms with van der Waals surface area (Å²) in [4.78, 5) is 15.5. The number of benzene rings is 2. The van der Waals surface area contributed by atoms with Gasteiger partial charge in [-0.2, -0.15) is 5.10 Å². The monoisotopic (exact) mass is 518 g/mol. The Morgan fingerprint density at radius 1 is 1.18 bits per heavy atom. The van der Waals surface area contributed by atoms with Crippen molar-refractivity contribution >= 4 is 11.6 Å². The van der Waals surface area contributed by atoms with Gasteiger partial charge in [-0.05, 0) is 69.7 Å². The number of nitrogens with one attached hydrogen (secondary N) is 1. The number of ether oxygens (including phenoxy) is 2. The number of hydrogen-bond acceptors (Lipinski definition) is 6. The Hall–Kier alpha value is -3.36. The van der Waals surface area contributed by atoms with Gasteiger partial charge < -0.3 is 24.8 Å². The molecule has 1 atom stereocenters. The summed E-state index contributed by atoms with van der Waals surface area (Å²) in [6, 6.07) is 15.2. The number of hydrogen-bond donors (Lipinski definition) is 2. The first kappa shape index (κ1) is 26.3. The minimum atomic E-state index is -0.442. The fourth-order valence-corrected chi connectivity index (χ4v) is 5.25. The van der Waals surface area contributed by atoms with E-state index >= 15 is 0 Å². The van der Waals surface area contributed by atoms with Crippen LogP contribution in [0.3, 0.4) is 0 Å². The molecule has 0 saturated heterocycles. The third-order valence-corrected chi connectivity index (χ3v) is 7.61. The number of fused-ring (bicyclic) bond motifs is 1. The van der Waals surface area contributed by atoms with E-state index in [4.69, 9.17) is 14.6 Å². The fraction of sp³-hybridized carbons (Fsp3) is 0.467. The standard InChI is InChI=1S/C30H38N4O4/c1-20-24(14-15-35)28(22-10-11-22)32-34(20)30(2,3)18-31-25(16-21-8-6-5-7-9-21)29(36)33(4)23-12-13-26-27(17-23)38-19-37-26/h5-9,12-13,17,22,25,31,35H,10-11,14-16,18-19H2,1-4H3/t25-/m0/s1. The van der Waals surface area contributed by atoms with Crippen LogP contribution in [0, 0.1) is 6.92 Å². The summed E-state index contributed by atoms with van der Waals surface area (Å²) >= 11 is 0. The molecule has 1 aromatic heterocycles. The number of carbonyl (C=O) groups is 1. The van der Waals surface area contributed by atoms with Crippen LogP contribution in [0.4, 0.5) is 5.69 Å². The lowest BCUT2D eigenvalue weighted by Gasteiger charge is -2.31. The highest BCUT2D eigenvalue weighted by atomic mass is 16.7. The maximum atomic E-state index is 13.9. The average Bonchev–Trinajstić information content (AvgIpc) is 3.56. The first-order valence-corrected chi connectivity index (χ1v) is 13.4. The van der Waals surface area contributed by atoms with Gasteiger partial charge in [0.1, 0.15) is 0 Å². The van der Waals surface area contributed by atoms with Crippen molar-refractivity contribution < 1.29 is 19.4 Å². The van der Waals surface area contributed by atoms with E-state index in [1.54, 1.807) is 11.9 Å². The van der Waals surface area contributed by atoms with Crippen molar-refractivity contribution in [2.45, 2.75) is 64.0 Å². The fourth-order valence-electron chi connectivity index (χ4n) is 5.25. The second kappa shape index (κ2) is 10.8. The zero-order valence-electron chi connectivity index (χ0n) is 22.7. The van der Waals surface area contributed by atoms with Crippen LogP contribution in [-0.2, 0) is 23.2 Å². The maximum Gasteiger partial charge on any atom is 0.244 e. The van der Waals surface area contributed by atoms with E-state index in [-0.39, 0.29) is 24.8 Å². The number of rotatable bonds is 11. The van der Waals surface area contributed by atoms with Gasteiger partial charge in [0.25, 0.3) is 0 Å². The van der Waals surface area contributed by atoms with E-state index in [9.17, 15) is 9.90 Å². The predicted octanol–water partition coefficient (Wildman–Crippen LogP) is 3.93. The lowest BCUT2D eigenvalue weighted by atomic mass is 10.0. The lowest BCUT2D eigenvalue weighted by molar-refractivity contribution is -0.120. The average molecular weight is 519 g/mol. The van der Waals surface area contributed by atoms with Crippen molar-refractivity contribution in [3.8, 4) is 11.5 Å². The minimum Gasteiger partial charge on any atom is -0.454 e. The summed E-state index contributed by atoms with van der Waals surface area (Å²) < 4.78 is 13.0. The molecule has 202 valence electrons. The number of nitrogens with zero attached hydrogens (tertiary/aromatic N) is 3. The van der Waals surface area contributed by atoms with Crippen LogP contribution in [0.15, 0.2) is 48.5 Å². The highest BCUT2D eigenvalue weighted by Crippen LogP contribution is 2.42. The van der Waals surface area contributed by atoms with E-state index in [1.165, 1.54) is 5.56 Å². The van der Waals surface area contributed by atoms with Crippen molar-refractivity contribution in [1.29, 1.82) is 0 Å². The quantitative estimate of drug-likeness (QED) is 0.400. The van der Waals surface area contributed by atoms with Gasteiger partial charge >= 0.3 is 0 Å². The number of aromatic nitrogens is 2. The molecule has 2 aromatic carbocycles. The molecule has 3 aromatic rings. The van der Waals surface area contributed by atoms with Crippen molar-refractivity contribution in [1.82, 2.24) is 15.1 Å². The van der Waals surface area contributed by atoms with Crippen molar-refractivity contribution in [2.24, 2.45) is 0 Å². The molecule has 0 radical (unpaired) electrons. The summed E-state index contributed by atoms with van der Waals surface area (Å²) in [5.74, 6) is 1.81. The molecule has 2 aliphatic rings. The van der Waals surface area contributed by atoms with Gasteiger partial charge in [-0.15, -0.1) is 0 Å². The molecule has 8 nitrogen and oxygen atoms in total. The molecule has 2 N–H and O–H groups in total. The smallest absolute Gasteiger partial charge is 0.244 e. The number of amides is 1. The van der Waals surface area contributed by atoms with Gasteiger partial charge in [0, 0.05) is 43.6 Å². The van der Waals surface area contributed by atoms with Crippen LogP contribution in [0.1, 0.15) is 55.1 Å². The molecule has 1 fully saturated rings. The molecule has 1 amide bonds. The molecule has 38 heavy (non-hydrogen) atoms. The van der Waals surface area contributed by atoms with E-state index in [2.05, 4.69) is 42.9 Å². The Balaban J connectivity index is 1.37. The van der Waals surface area contributed by atoms with Crippen molar-refractivity contribution in [3.63, 3.8) is 0 Å². The summed E-state index contributed by atoms with van der Waals surface area (Å²) in [5, 5.41) is 18.3. The third kappa shape index (κ3) is 5.42. The van der Waals surface area contributed by atoms with E-state index in [1.807, 2.05) is 36.4 Å². The van der Waals surface area contributed by atoms with Crippen molar-refractivity contribution in [3.05, 3.63) is 71.0 Å². The van der Waals surface area contributed by atoms with Crippen LogP contribution in [0.25, 0.3) is 0 Å². The van der Waals surface area contributed by atoms with Crippen LogP contribution in [0.2, 0.25) is 0 Å². The molecule has 5 rings (SSSR count). The zero-order chi connectivity index (χ0) is 26.9. The third-order valence-electron chi connectivity index (χ3n) is 7.61. The Labute approximate surface area is 224 Å². The molecule has 1 saturated carbocycles. The van der Waals surface area contributed by atoms with E-state index in [0.29, 0.717) is 36.8 Å². The molecule has 1 aliphatic carbocycles. The van der Waals surface area contributed by atoms with Crippen LogP contribution < -0.4 is 19.7 Å². The second-order valence-corrected chi connectivity index (χ2v) is 11.0. The minimum absolute atomic E-state index is 0.0275. The van der Waals surface area contributed by atoms with Gasteiger partial charge in [0.05, 0.1) is 17.3 Å². The molecular weight excluding hydrogens is 480 g/mol. The van der Waals surface area contributed by atoms with Crippen LogP contribution >= 0.6 is 0 Å². The highest BCUT2D eigenvalue weighted by Gasteiger charge is 2.34. The Bertz CT molecular complexity index is 1280.